The number of likely N-dealkylation sites (tertiary alicyclic amines) is 1. The van der Waals surface area contributed by atoms with Crippen LogP contribution < -0.4 is 5.32 Å². The lowest BCUT2D eigenvalue weighted by atomic mass is 10.2. The molecule has 8 nitrogen and oxygen atoms in total. The van der Waals surface area contributed by atoms with Crippen molar-refractivity contribution in [2.45, 2.75) is 32.9 Å². The molecular formula is C15H22N6O2S. The Balaban J connectivity index is 1.51. The Morgan fingerprint density at radius 1 is 1.46 bits per heavy atom. The van der Waals surface area contributed by atoms with Crippen LogP contribution in [0.4, 0.5) is 5.13 Å². The van der Waals surface area contributed by atoms with Crippen LogP contribution in [0, 0.1) is 13.8 Å². The molecule has 0 radical (unpaired) electrons. The molecule has 0 aromatic carbocycles. The summed E-state index contributed by atoms with van der Waals surface area (Å²) in [4.78, 5) is 14.3. The van der Waals surface area contributed by atoms with Gasteiger partial charge in [-0.05, 0) is 26.3 Å². The number of ether oxygens (including phenoxy) is 1. The normalized spacial score (nSPS) is 18.2. The molecule has 9 heteroatoms. The van der Waals surface area contributed by atoms with E-state index < -0.39 is 0 Å². The maximum absolute atomic E-state index is 12.2. The van der Waals surface area contributed by atoms with Crippen LogP contribution in [-0.4, -0.2) is 57.5 Å². The maximum atomic E-state index is 12.2. The molecule has 2 aromatic heterocycles. The second-order valence-electron chi connectivity index (χ2n) is 6.03. The summed E-state index contributed by atoms with van der Waals surface area (Å²) in [5, 5.41) is 16.5. The molecule has 1 aliphatic heterocycles. The molecule has 1 amide bonds. The van der Waals surface area contributed by atoms with Crippen LogP contribution in [-0.2, 0) is 16.1 Å². The number of aromatic nitrogens is 4. The number of hydrogen-bond donors (Lipinski definition) is 1. The molecule has 0 bridgehead atoms. The highest BCUT2D eigenvalue weighted by atomic mass is 32.1. The summed E-state index contributed by atoms with van der Waals surface area (Å²) in [6.07, 6.45) is 1.01. The Hall–Kier alpha value is -1.84. The zero-order valence-corrected chi connectivity index (χ0v) is 15.0. The number of hydrogen-bond acceptors (Lipinski definition) is 7. The van der Waals surface area contributed by atoms with E-state index in [2.05, 4.69) is 43.2 Å². The Kier molecular flexibility index (Phi) is 5.22. The summed E-state index contributed by atoms with van der Waals surface area (Å²) < 4.78 is 7.08. The number of amides is 1. The van der Waals surface area contributed by atoms with Crippen molar-refractivity contribution >= 4 is 22.4 Å². The second kappa shape index (κ2) is 7.37. The largest absolute Gasteiger partial charge is 0.377 e. The Morgan fingerprint density at radius 3 is 3.00 bits per heavy atom. The van der Waals surface area contributed by atoms with Crippen molar-refractivity contribution in [3.05, 3.63) is 22.5 Å². The molecule has 1 atom stereocenters. The maximum Gasteiger partial charge on any atom is 0.240 e. The van der Waals surface area contributed by atoms with Crippen molar-refractivity contribution in [1.29, 1.82) is 0 Å². The molecule has 130 valence electrons. The first kappa shape index (κ1) is 17.0. The van der Waals surface area contributed by atoms with Crippen LogP contribution in [0.5, 0.6) is 0 Å². The van der Waals surface area contributed by atoms with Gasteiger partial charge in [0.1, 0.15) is 11.6 Å². The summed E-state index contributed by atoms with van der Waals surface area (Å²) in [5.41, 5.74) is 2.20. The van der Waals surface area contributed by atoms with E-state index in [0.29, 0.717) is 24.3 Å². The summed E-state index contributed by atoms with van der Waals surface area (Å²) in [7, 11) is 1.60. The molecule has 1 fully saturated rings. The number of anilines is 1. The van der Waals surface area contributed by atoms with E-state index in [1.165, 1.54) is 17.0 Å². The van der Waals surface area contributed by atoms with Crippen LogP contribution in [0.25, 0.3) is 0 Å². The lowest BCUT2D eigenvalue weighted by molar-refractivity contribution is -0.117. The van der Waals surface area contributed by atoms with Gasteiger partial charge in [-0.25, -0.2) is 0 Å². The van der Waals surface area contributed by atoms with E-state index in [9.17, 15) is 4.79 Å². The topological polar surface area (TPSA) is 85.2 Å². The van der Waals surface area contributed by atoms with E-state index in [-0.39, 0.29) is 5.91 Å². The van der Waals surface area contributed by atoms with Crippen LogP contribution >= 0.6 is 11.3 Å². The summed E-state index contributed by atoms with van der Waals surface area (Å²) >= 11 is 1.33. The third kappa shape index (κ3) is 3.97. The highest BCUT2D eigenvalue weighted by Gasteiger charge is 2.27. The number of rotatable bonds is 6. The molecule has 3 heterocycles. The molecule has 24 heavy (non-hydrogen) atoms. The van der Waals surface area contributed by atoms with Crippen molar-refractivity contribution in [1.82, 2.24) is 24.9 Å². The van der Waals surface area contributed by atoms with E-state index in [1.54, 1.807) is 7.11 Å². The van der Waals surface area contributed by atoms with Gasteiger partial charge in [0.2, 0.25) is 11.0 Å². The number of methoxy groups -OCH3 is 1. The van der Waals surface area contributed by atoms with Crippen molar-refractivity contribution in [2.75, 3.05) is 32.1 Å². The van der Waals surface area contributed by atoms with Gasteiger partial charge in [-0.3, -0.25) is 19.7 Å². The molecule has 0 spiro atoms. The van der Waals surface area contributed by atoms with Crippen molar-refractivity contribution < 1.29 is 9.53 Å². The third-order valence-corrected chi connectivity index (χ3v) is 4.80. The summed E-state index contributed by atoms with van der Waals surface area (Å²) in [6.45, 7) is 6.56. The number of nitrogens with one attached hydrogen (secondary N) is 1. The van der Waals surface area contributed by atoms with Gasteiger partial charge in [0, 0.05) is 25.9 Å². The fraction of sp³-hybridized carbons (Fsp3) is 0.600. The SMILES string of the molecule is COCc1nnc(NC(=O)CN2CCC(n3nc(C)cc3C)C2)s1. The first-order valence-corrected chi connectivity index (χ1v) is 8.73. The summed E-state index contributed by atoms with van der Waals surface area (Å²) in [6, 6.07) is 2.42. The lowest BCUT2D eigenvalue weighted by Crippen LogP contribution is -2.32. The summed E-state index contributed by atoms with van der Waals surface area (Å²) in [5.74, 6) is -0.0656. The number of carbonyl (C=O) groups excluding carboxylic acids is 1. The fourth-order valence-corrected chi connectivity index (χ4v) is 3.75. The molecule has 0 saturated carbocycles. The van der Waals surface area contributed by atoms with Gasteiger partial charge in [-0.2, -0.15) is 5.10 Å². The van der Waals surface area contributed by atoms with E-state index in [0.717, 1.165) is 30.2 Å². The van der Waals surface area contributed by atoms with Crippen molar-refractivity contribution in [3.63, 3.8) is 0 Å². The molecule has 1 aliphatic rings. The average Bonchev–Trinajstić information content (AvgIpc) is 3.21. The van der Waals surface area contributed by atoms with E-state index in [4.69, 9.17) is 4.74 Å². The number of aryl methyl sites for hydroxylation is 2. The number of carbonyl (C=O) groups is 1. The Labute approximate surface area is 144 Å². The molecular weight excluding hydrogens is 328 g/mol. The van der Waals surface area contributed by atoms with E-state index >= 15 is 0 Å². The standard InChI is InChI=1S/C15H22N6O2S/c1-10-6-11(2)21(19-10)12-4-5-20(7-12)8-13(22)16-15-18-17-14(24-15)9-23-3/h6,12H,4-5,7-9H2,1-3H3,(H,16,18,22). The third-order valence-electron chi connectivity index (χ3n) is 3.99. The highest BCUT2D eigenvalue weighted by molar-refractivity contribution is 7.15. The number of nitrogens with zero attached hydrogens (tertiary/aromatic N) is 5. The molecule has 1 N–H and O–H groups in total. The average molecular weight is 350 g/mol. The lowest BCUT2D eigenvalue weighted by Gasteiger charge is -2.16. The Morgan fingerprint density at radius 2 is 2.29 bits per heavy atom. The second-order valence-corrected chi connectivity index (χ2v) is 7.09. The molecule has 0 aliphatic carbocycles. The zero-order chi connectivity index (χ0) is 17.1. The molecule has 3 rings (SSSR count). The van der Waals surface area contributed by atoms with Crippen LogP contribution in [0.1, 0.15) is 28.9 Å². The smallest absolute Gasteiger partial charge is 0.240 e. The van der Waals surface area contributed by atoms with E-state index in [1.807, 2.05) is 6.92 Å². The Bertz CT molecular complexity index is 713. The minimum atomic E-state index is -0.0656. The first-order valence-electron chi connectivity index (χ1n) is 7.91. The molecule has 1 unspecified atom stereocenters. The van der Waals surface area contributed by atoms with Gasteiger partial charge >= 0.3 is 0 Å². The predicted molar refractivity (Wildman–Crippen MR) is 91.0 cm³/mol. The van der Waals surface area contributed by atoms with Gasteiger partial charge in [0.05, 0.1) is 18.3 Å². The van der Waals surface area contributed by atoms with Gasteiger partial charge in [0.15, 0.2) is 0 Å². The quantitative estimate of drug-likeness (QED) is 0.847. The van der Waals surface area contributed by atoms with Crippen molar-refractivity contribution in [3.8, 4) is 0 Å². The fourth-order valence-electron chi connectivity index (χ4n) is 3.02. The van der Waals surface area contributed by atoms with Gasteiger partial charge in [-0.15, -0.1) is 10.2 Å². The molecule has 2 aromatic rings. The highest BCUT2D eigenvalue weighted by Crippen LogP contribution is 2.23. The van der Waals surface area contributed by atoms with Crippen LogP contribution in [0.3, 0.4) is 0 Å². The predicted octanol–water partition coefficient (Wildman–Crippen LogP) is 1.38. The first-order chi connectivity index (χ1) is 11.5. The van der Waals surface area contributed by atoms with Gasteiger partial charge in [0.25, 0.3) is 0 Å². The zero-order valence-electron chi connectivity index (χ0n) is 14.2. The molecule has 1 saturated heterocycles. The minimum Gasteiger partial charge on any atom is -0.377 e. The van der Waals surface area contributed by atoms with Gasteiger partial charge in [-0.1, -0.05) is 11.3 Å². The van der Waals surface area contributed by atoms with Gasteiger partial charge < -0.3 is 4.74 Å². The minimum absolute atomic E-state index is 0.0656. The monoisotopic (exact) mass is 350 g/mol. The van der Waals surface area contributed by atoms with Crippen molar-refractivity contribution in [2.24, 2.45) is 0 Å². The van der Waals surface area contributed by atoms with Crippen LogP contribution in [0.15, 0.2) is 6.07 Å². The van der Waals surface area contributed by atoms with Crippen LogP contribution in [0.2, 0.25) is 0 Å².